The fourth-order valence-electron chi connectivity index (χ4n) is 3.99. The Balaban J connectivity index is 1.54. The predicted molar refractivity (Wildman–Crippen MR) is 121 cm³/mol. The van der Waals surface area contributed by atoms with Gasteiger partial charge in [-0.05, 0) is 68.1 Å². The van der Waals surface area contributed by atoms with E-state index in [1.54, 1.807) is 14.2 Å². The van der Waals surface area contributed by atoms with Crippen molar-refractivity contribution in [2.75, 3.05) is 51.1 Å². The summed E-state index contributed by atoms with van der Waals surface area (Å²) in [6, 6.07) is 12.2. The molecule has 1 amide bonds. The van der Waals surface area contributed by atoms with E-state index < -0.39 is 0 Å². The number of hydrogen-bond acceptors (Lipinski definition) is 4. The van der Waals surface area contributed by atoms with Gasteiger partial charge in [-0.2, -0.15) is 0 Å². The minimum Gasteiger partial charge on any atom is -0.493 e. The van der Waals surface area contributed by atoms with Crippen LogP contribution in [0.25, 0.3) is 0 Å². The third-order valence-electron chi connectivity index (χ3n) is 5.67. The Morgan fingerprint density at radius 1 is 1.03 bits per heavy atom. The van der Waals surface area contributed by atoms with Gasteiger partial charge >= 0.3 is 0 Å². The number of carbonyl (C=O) groups is 1. The Morgan fingerprint density at radius 2 is 1.67 bits per heavy atom. The van der Waals surface area contributed by atoms with Gasteiger partial charge in [0, 0.05) is 30.0 Å². The molecule has 1 atom stereocenters. The molecule has 0 saturated carbocycles. The van der Waals surface area contributed by atoms with E-state index in [4.69, 9.17) is 9.47 Å². The van der Waals surface area contributed by atoms with Crippen molar-refractivity contribution < 1.29 is 19.2 Å². The van der Waals surface area contributed by atoms with Gasteiger partial charge in [0.25, 0.3) is 5.91 Å². The molecule has 2 aromatic rings. The average molecular weight is 413 g/mol. The smallest absolute Gasteiger partial charge is 0.279 e. The third-order valence-corrected chi connectivity index (χ3v) is 5.67. The number of methoxy groups -OCH3 is 2. The zero-order chi connectivity index (χ0) is 21.5. The van der Waals surface area contributed by atoms with E-state index in [2.05, 4.69) is 29.3 Å². The number of ether oxygens (including phenoxy) is 2. The van der Waals surface area contributed by atoms with Crippen molar-refractivity contribution in [1.29, 1.82) is 0 Å². The first kappa shape index (κ1) is 22.0. The molecule has 2 aromatic carbocycles. The van der Waals surface area contributed by atoms with Gasteiger partial charge < -0.3 is 24.6 Å². The summed E-state index contributed by atoms with van der Waals surface area (Å²) in [6.07, 6.45) is 3.84. The maximum Gasteiger partial charge on any atom is 0.279 e. The summed E-state index contributed by atoms with van der Waals surface area (Å²) < 4.78 is 10.8. The summed E-state index contributed by atoms with van der Waals surface area (Å²) in [7, 11) is 5.30. The normalized spacial score (nSPS) is 14.9. The van der Waals surface area contributed by atoms with Crippen LogP contribution >= 0.6 is 0 Å². The number of aryl methyl sites for hydroxylation is 1. The standard InChI is InChI=1S/C24H33N3O3/c1-18-14-22(29-3)23(30-4)15-19(18)16-26(2)17-24(28)25-20-8-10-21(11-9-20)27-12-6-5-7-13-27/h8-11,14-15H,5-7,12-13,16-17H2,1-4H3,(H,25,28)/p+1. The fourth-order valence-corrected chi connectivity index (χ4v) is 3.99. The molecule has 3 rings (SSSR count). The molecule has 0 bridgehead atoms. The van der Waals surface area contributed by atoms with E-state index in [9.17, 15) is 4.79 Å². The van der Waals surface area contributed by atoms with Crippen LogP contribution in [-0.2, 0) is 11.3 Å². The molecule has 2 N–H and O–H groups in total. The molecule has 0 spiro atoms. The number of anilines is 2. The summed E-state index contributed by atoms with van der Waals surface area (Å²) in [5.41, 5.74) is 4.35. The fraction of sp³-hybridized carbons (Fsp3) is 0.458. The van der Waals surface area contributed by atoms with Gasteiger partial charge in [0.2, 0.25) is 0 Å². The second-order valence-electron chi connectivity index (χ2n) is 8.09. The van der Waals surface area contributed by atoms with Crippen LogP contribution in [0, 0.1) is 6.92 Å². The molecule has 0 radical (unpaired) electrons. The van der Waals surface area contributed by atoms with Crippen LogP contribution in [0.2, 0.25) is 0 Å². The lowest BCUT2D eigenvalue weighted by molar-refractivity contribution is -0.885. The van der Waals surface area contributed by atoms with E-state index in [0.29, 0.717) is 12.3 Å². The van der Waals surface area contributed by atoms with Gasteiger partial charge in [0.05, 0.1) is 21.3 Å². The molecule has 1 saturated heterocycles. The molecular formula is C24H34N3O3+. The van der Waals surface area contributed by atoms with Gasteiger partial charge in [-0.1, -0.05) is 0 Å². The largest absolute Gasteiger partial charge is 0.493 e. The first-order valence-electron chi connectivity index (χ1n) is 10.7. The van der Waals surface area contributed by atoms with Crippen LogP contribution in [-0.4, -0.2) is 46.8 Å². The van der Waals surface area contributed by atoms with Crippen molar-refractivity contribution in [2.45, 2.75) is 32.7 Å². The van der Waals surface area contributed by atoms with Crippen LogP contribution < -0.4 is 24.6 Å². The monoisotopic (exact) mass is 412 g/mol. The molecule has 1 aliphatic rings. The predicted octanol–water partition coefficient (Wildman–Crippen LogP) is 2.66. The number of nitrogens with one attached hydrogen (secondary N) is 2. The summed E-state index contributed by atoms with van der Waals surface area (Å²) >= 11 is 0. The molecule has 0 aliphatic carbocycles. The van der Waals surface area contributed by atoms with Crippen molar-refractivity contribution >= 4 is 17.3 Å². The lowest BCUT2D eigenvalue weighted by Gasteiger charge is -2.28. The van der Waals surface area contributed by atoms with Crippen molar-refractivity contribution in [3.05, 3.63) is 47.5 Å². The van der Waals surface area contributed by atoms with Gasteiger partial charge in [-0.15, -0.1) is 0 Å². The van der Waals surface area contributed by atoms with Gasteiger partial charge in [-0.25, -0.2) is 0 Å². The molecule has 30 heavy (non-hydrogen) atoms. The minimum absolute atomic E-state index is 0.0105. The Morgan fingerprint density at radius 3 is 2.30 bits per heavy atom. The molecule has 6 nitrogen and oxygen atoms in total. The Hall–Kier alpha value is -2.73. The molecular weight excluding hydrogens is 378 g/mol. The van der Waals surface area contributed by atoms with E-state index >= 15 is 0 Å². The second-order valence-corrected chi connectivity index (χ2v) is 8.09. The van der Waals surface area contributed by atoms with Crippen molar-refractivity contribution in [3.8, 4) is 11.5 Å². The number of benzene rings is 2. The number of quaternary nitrogens is 1. The van der Waals surface area contributed by atoms with Gasteiger partial charge in [-0.3, -0.25) is 4.79 Å². The molecule has 1 unspecified atom stereocenters. The van der Waals surface area contributed by atoms with Crippen molar-refractivity contribution in [3.63, 3.8) is 0 Å². The highest BCUT2D eigenvalue weighted by Gasteiger charge is 2.16. The van der Waals surface area contributed by atoms with Crippen LogP contribution in [0.1, 0.15) is 30.4 Å². The molecule has 6 heteroatoms. The average Bonchev–Trinajstić information content (AvgIpc) is 2.75. The lowest BCUT2D eigenvalue weighted by Crippen LogP contribution is -3.08. The molecule has 1 heterocycles. The maximum atomic E-state index is 12.5. The van der Waals surface area contributed by atoms with Gasteiger partial charge in [0.15, 0.2) is 18.0 Å². The summed E-state index contributed by atoms with van der Waals surface area (Å²) in [5, 5.41) is 3.02. The van der Waals surface area contributed by atoms with E-state index in [1.807, 2.05) is 31.3 Å². The third kappa shape index (κ3) is 5.66. The Kier molecular flexibility index (Phi) is 7.57. The summed E-state index contributed by atoms with van der Waals surface area (Å²) in [6.45, 7) is 5.41. The highest BCUT2D eigenvalue weighted by molar-refractivity contribution is 5.91. The number of likely N-dealkylation sites (N-methyl/N-ethyl adjacent to an activating group) is 1. The molecule has 162 valence electrons. The molecule has 0 aromatic heterocycles. The van der Waals surface area contributed by atoms with E-state index in [0.717, 1.165) is 47.1 Å². The highest BCUT2D eigenvalue weighted by atomic mass is 16.5. The molecule has 1 fully saturated rings. The Bertz CT molecular complexity index is 846. The summed E-state index contributed by atoms with van der Waals surface area (Å²) in [5.74, 6) is 1.45. The van der Waals surface area contributed by atoms with Gasteiger partial charge in [0.1, 0.15) is 6.54 Å². The van der Waals surface area contributed by atoms with Crippen molar-refractivity contribution in [1.82, 2.24) is 0 Å². The maximum absolute atomic E-state index is 12.5. The lowest BCUT2D eigenvalue weighted by atomic mass is 10.1. The first-order valence-corrected chi connectivity index (χ1v) is 10.7. The number of nitrogens with zero attached hydrogens (tertiary/aromatic N) is 1. The van der Waals surface area contributed by atoms with Crippen LogP contribution in [0.3, 0.4) is 0 Å². The van der Waals surface area contributed by atoms with Crippen LogP contribution in [0.4, 0.5) is 11.4 Å². The minimum atomic E-state index is 0.0105. The quantitative estimate of drug-likeness (QED) is 0.700. The number of rotatable bonds is 8. The zero-order valence-corrected chi connectivity index (χ0v) is 18.6. The van der Waals surface area contributed by atoms with Crippen LogP contribution in [0.15, 0.2) is 36.4 Å². The van der Waals surface area contributed by atoms with Crippen molar-refractivity contribution in [2.24, 2.45) is 0 Å². The van der Waals surface area contributed by atoms with Crippen LogP contribution in [0.5, 0.6) is 11.5 Å². The zero-order valence-electron chi connectivity index (χ0n) is 18.6. The van der Waals surface area contributed by atoms with E-state index in [-0.39, 0.29) is 5.91 Å². The highest BCUT2D eigenvalue weighted by Crippen LogP contribution is 2.30. The number of piperidine rings is 1. The second kappa shape index (κ2) is 10.3. The number of amides is 1. The first-order chi connectivity index (χ1) is 14.5. The van der Waals surface area contributed by atoms with E-state index in [1.165, 1.54) is 24.9 Å². The molecule has 1 aliphatic heterocycles. The number of hydrogen-bond donors (Lipinski definition) is 2. The summed E-state index contributed by atoms with van der Waals surface area (Å²) in [4.78, 5) is 16.0. The SMILES string of the molecule is COc1cc(C)c(C[NH+](C)CC(=O)Nc2ccc(N3CCCCC3)cc2)cc1OC. The number of carbonyl (C=O) groups excluding carboxylic acids is 1. The topological polar surface area (TPSA) is 55.2 Å². The Labute approximate surface area is 179 Å².